The van der Waals surface area contributed by atoms with E-state index in [-0.39, 0.29) is 5.91 Å². The van der Waals surface area contributed by atoms with Gasteiger partial charge in [0.05, 0.1) is 5.69 Å². The quantitative estimate of drug-likeness (QED) is 0.759. The van der Waals surface area contributed by atoms with Crippen molar-refractivity contribution >= 4 is 23.2 Å². The molecule has 2 aromatic rings. The number of hydrogen-bond acceptors (Lipinski definition) is 5. The number of likely N-dealkylation sites (tertiary alicyclic amines) is 1. The van der Waals surface area contributed by atoms with Crippen molar-refractivity contribution in [3.63, 3.8) is 0 Å². The maximum Gasteiger partial charge on any atom is 0.351 e. The highest BCUT2D eigenvalue weighted by Gasteiger charge is 2.26. The third-order valence-electron chi connectivity index (χ3n) is 4.55. The minimum atomic E-state index is -0.776. The molecular formula is C20H24N2O3S. The summed E-state index contributed by atoms with van der Waals surface area (Å²) in [6.07, 6.45) is 3.56. The Morgan fingerprint density at radius 2 is 1.77 bits per heavy atom. The molecule has 0 radical (unpaired) electrons. The summed E-state index contributed by atoms with van der Waals surface area (Å²) in [5, 5.41) is 0.779. The van der Waals surface area contributed by atoms with Crippen LogP contribution in [-0.4, -0.2) is 41.0 Å². The zero-order valence-corrected chi connectivity index (χ0v) is 16.1. The standard InChI is InChI=1S/C20H24N2O3S/c1-14-17(26-18(21-14)16-10-6-5-7-11-16)20(24)25-15(2)19(23)22-12-8-3-4-9-13-22/h5-7,10-11,15H,3-4,8-9,12-13H2,1-2H3/t15-/m0/s1. The number of thiazole rings is 1. The second-order valence-electron chi connectivity index (χ2n) is 6.59. The van der Waals surface area contributed by atoms with E-state index < -0.39 is 12.1 Å². The number of rotatable bonds is 4. The molecule has 0 unspecified atom stereocenters. The first kappa shape index (κ1) is 18.6. The fourth-order valence-electron chi connectivity index (χ4n) is 3.10. The zero-order valence-electron chi connectivity index (χ0n) is 15.2. The van der Waals surface area contributed by atoms with Gasteiger partial charge < -0.3 is 9.64 Å². The van der Waals surface area contributed by atoms with E-state index in [0.717, 1.165) is 49.3 Å². The smallest absolute Gasteiger partial charge is 0.351 e. The van der Waals surface area contributed by atoms with Crippen molar-refractivity contribution < 1.29 is 14.3 Å². The summed E-state index contributed by atoms with van der Waals surface area (Å²) in [5.41, 5.74) is 1.60. The van der Waals surface area contributed by atoms with E-state index in [1.54, 1.807) is 13.8 Å². The summed E-state index contributed by atoms with van der Waals surface area (Å²) in [7, 11) is 0. The van der Waals surface area contributed by atoms with Gasteiger partial charge in [0.15, 0.2) is 6.10 Å². The first-order chi connectivity index (χ1) is 12.6. The maximum atomic E-state index is 12.6. The van der Waals surface area contributed by atoms with Crippen LogP contribution in [0.2, 0.25) is 0 Å². The number of benzene rings is 1. The Morgan fingerprint density at radius 1 is 1.12 bits per heavy atom. The predicted molar refractivity (Wildman–Crippen MR) is 102 cm³/mol. The van der Waals surface area contributed by atoms with E-state index >= 15 is 0 Å². The molecule has 0 N–H and O–H groups in total. The molecule has 138 valence electrons. The second kappa shape index (κ2) is 8.45. The number of hydrogen-bond donors (Lipinski definition) is 0. The molecule has 0 aliphatic carbocycles. The molecule has 6 heteroatoms. The lowest BCUT2D eigenvalue weighted by Gasteiger charge is -2.23. The minimum Gasteiger partial charge on any atom is -0.448 e. The molecule has 1 atom stereocenters. The summed E-state index contributed by atoms with van der Waals surface area (Å²) in [4.78, 5) is 31.9. The summed E-state index contributed by atoms with van der Waals surface area (Å²) in [6.45, 7) is 4.94. The molecule has 5 nitrogen and oxygen atoms in total. The van der Waals surface area contributed by atoms with Crippen molar-refractivity contribution in [2.75, 3.05) is 13.1 Å². The van der Waals surface area contributed by atoms with Crippen LogP contribution >= 0.6 is 11.3 Å². The average molecular weight is 372 g/mol. The molecular weight excluding hydrogens is 348 g/mol. The minimum absolute atomic E-state index is 0.106. The Kier molecular flexibility index (Phi) is 6.04. The molecule has 0 saturated carbocycles. The molecule has 2 heterocycles. The van der Waals surface area contributed by atoms with Crippen molar-refractivity contribution in [2.24, 2.45) is 0 Å². The van der Waals surface area contributed by atoms with Gasteiger partial charge in [-0.2, -0.15) is 0 Å². The lowest BCUT2D eigenvalue weighted by atomic mass is 10.2. The number of nitrogens with zero attached hydrogens (tertiary/aromatic N) is 2. The van der Waals surface area contributed by atoms with Gasteiger partial charge in [-0.3, -0.25) is 4.79 Å². The third kappa shape index (κ3) is 4.30. The average Bonchev–Trinajstić information content (AvgIpc) is 2.86. The molecule has 26 heavy (non-hydrogen) atoms. The summed E-state index contributed by atoms with van der Waals surface area (Å²) in [5.74, 6) is -0.580. The van der Waals surface area contributed by atoms with Gasteiger partial charge in [-0.1, -0.05) is 43.2 Å². The molecule has 1 aliphatic heterocycles. The fourth-order valence-corrected chi connectivity index (χ4v) is 4.06. The van der Waals surface area contributed by atoms with Crippen molar-refractivity contribution in [1.82, 2.24) is 9.88 Å². The van der Waals surface area contributed by atoms with Crippen LogP contribution in [0.25, 0.3) is 10.6 Å². The Bertz CT molecular complexity index is 765. The van der Waals surface area contributed by atoms with Crippen LogP contribution < -0.4 is 0 Å². The topological polar surface area (TPSA) is 59.5 Å². The van der Waals surface area contributed by atoms with Crippen LogP contribution in [0.15, 0.2) is 30.3 Å². The summed E-state index contributed by atoms with van der Waals surface area (Å²) >= 11 is 1.30. The van der Waals surface area contributed by atoms with E-state index in [1.807, 2.05) is 35.2 Å². The van der Waals surface area contributed by atoms with E-state index in [0.29, 0.717) is 10.6 Å². The van der Waals surface area contributed by atoms with E-state index in [4.69, 9.17) is 4.74 Å². The number of esters is 1. The van der Waals surface area contributed by atoms with Gasteiger partial charge in [0, 0.05) is 18.7 Å². The highest BCUT2D eigenvalue weighted by molar-refractivity contribution is 7.17. The lowest BCUT2D eigenvalue weighted by Crippen LogP contribution is -2.40. The normalized spacial score (nSPS) is 16.0. The van der Waals surface area contributed by atoms with Crippen molar-refractivity contribution in [3.05, 3.63) is 40.9 Å². The first-order valence-corrected chi connectivity index (χ1v) is 9.90. The van der Waals surface area contributed by atoms with Crippen LogP contribution in [0.1, 0.15) is 48.0 Å². The van der Waals surface area contributed by atoms with Crippen LogP contribution in [0.5, 0.6) is 0 Å². The van der Waals surface area contributed by atoms with Crippen molar-refractivity contribution in [3.8, 4) is 10.6 Å². The Balaban J connectivity index is 1.67. The number of carbonyl (C=O) groups excluding carboxylic acids is 2. The monoisotopic (exact) mass is 372 g/mol. The van der Waals surface area contributed by atoms with Crippen LogP contribution in [-0.2, 0) is 9.53 Å². The van der Waals surface area contributed by atoms with Crippen molar-refractivity contribution in [1.29, 1.82) is 0 Å². The van der Waals surface area contributed by atoms with Gasteiger partial charge in [-0.15, -0.1) is 11.3 Å². The summed E-state index contributed by atoms with van der Waals surface area (Å²) < 4.78 is 5.46. The molecule has 1 fully saturated rings. The Hall–Kier alpha value is -2.21. The molecule has 3 rings (SSSR count). The largest absolute Gasteiger partial charge is 0.448 e. The fraction of sp³-hybridized carbons (Fsp3) is 0.450. The number of amides is 1. The van der Waals surface area contributed by atoms with Gasteiger partial charge in [-0.25, -0.2) is 9.78 Å². The van der Waals surface area contributed by atoms with E-state index in [2.05, 4.69) is 4.98 Å². The molecule has 1 amide bonds. The van der Waals surface area contributed by atoms with Gasteiger partial charge in [-0.05, 0) is 26.7 Å². The number of ether oxygens (including phenoxy) is 1. The Morgan fingerprint density at radius 3 is 2.42 bits per heavy atom. The SMILES string of the molecule is Cc1nc(-c2ccccc2)sc1C(=O)O[C@@H](C)C(=O)N1CCCCCC1. The predicted octanol–water partition coefficient (Wildman–Crippen LogP) is 4.07. The first-order valence-electron chi connectivity index (χ1n) is 9.09. The second-order valence-corrected chi connectivity index (χ2v) is 7.59. The molecule has 1 aliphatic rings. The van der Waals surface area contributed by atoms with Gasteiger partial charge >= 0.3 is 5.97 Å². The van der Waals surface area contributed by atoms with E-state index in [9.17, 15) is 9.59 Å². The van der Waals surface area contributed by atoms with Crippen LogP contribution in [0.3, 0.4) is 0 Å². The highest BCUT2D eigenvalue weighted by Crippen LogP contribution is 2.28. The number of aryl methyl sites for hydroxylation is 1. The Labute approximate surface area is 158 Å². The molecule has 1 aromatic carbocycles. The zero-order chi connectivity index (χ0) is 18.5. The summed E-state index contributed by atoms with van der Waals surface area (Å²) in [6, 6.07) is 9.73. The number of carbonyl (C=O) groups is 2. The van der Waals surface area contributed by atoms with Crippen molar-refractivity contribution in [2.45, 2.75) is 45.6 Å². The van der Waals surface area contributed by atoms with Crippen LogP contribution in [0.4, 0.5) is 0 Å². The molecule has 1 saturated heterocycles. The molecule has 0 bridgehead atoms. The maximum absolute atomic E-state index is 12.6. The van der Waals surface area contributed by atoms with Gasteiger partial charge in [0.1, 0.15) is 9.88 Å². The highest BCUT2D eigenvalue weighted by atomic mass is 32.1. The third-order valence-corrected chi connectivity index (χ3v) is 5.74. The van der Waals surface area contributed by atoms with E-state index in [1.165, 1.54) is 11.3 Å². The molecule has 0 spiro atoms. The van der Waals surface area contributed by atoms with Gasteiger partial charge in [0.2, 0.25) is 0 Å². The molecule has 1 aromatic heterocycles. The van der Waals surface area contributed by atoms with Gasteiger partial charge in [0.25, 0.3) is 5.91 Å². The van der Waals surface area contributed by atoms with Crippen LogP contribution in [0, 0.1) is 6.92 Å². The number of aromatic nitrogens is 1. The lowest BCUT2D eigenvalue weighted by molar-refractivity contribution is -0.139.